The summed E-state index contributed by atoms with van der Waals surface area (Å²) in [6.07, 6.45) is 2.55. The van der Waals surface area contributed by atoms with E-state index in [1.807, 2.05) is 24.3 Å². The maximum Gasteiger partial charge on any atom is 0.313 e. The number of piperidine rings is 1. The lowest BCUT2D eigenvalue weighted by atomic mass is 9.79. The molecule has 5 nitrogen and oxygen atoms in total. The van der Waals surface area contributed by atoms with Crippen molar-refractivity contribution in [2.24, 2.45) is 0 Å². The molecule has 2 amide bonds. The standard InChI is InChI=1S/C21H33N3O2/c1-7-14(2)16-10-8-9-11-17(16)23-19(26)18(25)22-15-12-20(3,4)24-21(5,6)13-15/h8-11,14-15,24H,7,12-13H2,1-6H3,(H,22,25)(H,23,26). The predicted molar refractivity (Wildman–Crippen MR) is 106 cm³/mol. The van der Waals surface area contributed by atoms with Gasteiger partial charge in [0.05, 0.1) is 0 Å². The molecule has 1 heterocycles. The molecule has 1 unspecified atom stereocenters. The summed E-state index contributed by atoms with van der Waals surface area (Å²) in [6, 6.07) is 7.65. The maximum atomic E-state index is 12.4. The van der Waals surface area contributed by atoms with Gasteiger partial charge in [-0.25, -0.2) is 0 Å². The number of rotatable bonds is 4. The van der Waals surface area contributed by atoms with Crippen molar-refractivity contribution in [1.82, 2.24) is 10.6 Å². The summed E-state index contributed by atoms with van der Waals surface area (Å²) in [5.74, 6) is -0.849. The minimum absolute atomic E-state index is 0.0238. The van der Waals surface area contributed by atoms with Crippen molar-refractivity contribution >= 4 is 17.5 Å². The molecule has 1 fully saturated rings. The molecule has 1 aliphatic heterocycles. The summed E-state index contributed by atoms with van der Waals surface area (Å²) in [7, 11) is 0. The molecule has 26 heavy (non-hydrogen) atoms. The van der Waals surface area contributed by atoms with E-state index in [0.29, 0.717) is 11.6 Å². The third-order valence-corrected chi connectivity index (χ3v) is 5.08. The predicted octanol–water partition coefficient (Wildman–Crippen LogP) is 3.56. The van der Waals surface area contributed by atoms with Crippen LogP contribution >= 0.6 is 0 Å². The molecule has 0 radical (unpaired) electrons. The Bertz CT molecular complexity index is 651. The number of amides is 2. The molecule has 1 aromatic carbocycles. The molecule has 0 bridgehead atoms. The van der Waals surface area contributed by atoms with E-state index in [0.717, 1.165) is 24.8 Å². The van der Waals surface area contributed by atoms with Crippen LogP contribution < -0.4 is 16.0 Å². The minimum atomic E-state index is -0.602. The molecule has 0 aromatic heterocycles. The van der Waals surface area contributed by atoms with Crippen molar-refractivity contribution in [3.05, 3.63) is 29.8 Å². The Morgan fingerprint density at radius 2 is 1.69 bits per heavy atom. The first-order valence-corrected chi connectivity index (χ1v) is 9.53. The van der Waals surface area contributed by atoms with Crippen molar-refractivity contribution < 1.29 is 9.59 Å². The van der Waals surface area contributed by atoms with Gasteiger partial charge in [0.1, 0.15) is 0 Å². The Morgan fingerprint density at radius 1 is 1.12 bits per heavy atom. The topological polar surface area (TPSA) is 70.2 Å². The van der Waals surface area contributed by atoms with Crippen LogP contribution in [0.25, 0.3) is 0 Å². The van der Waals surface area contributed by atoms with Crippen molar-refractivity contribution in [3.8, 4) is 0 Å². The van der Waals surface area contributed by atoms with Gasteiger partial charge < -0.3 is 16.0 Å². The van der Waals surface area contributed by atoms with Crippen LogP contribution in [0.4, 0.5) is 5.69 Å². The van der Waals surface area contributed by atoms with Crippen LogP contribution in [0.2, 0.25) is 0 Å². The van der Waals surface area contributed by atoms with Crippen LogP contribution in [-0.4, -0.2) is 28.9 Å². The summed E-state index contributed by atoms with van der Waals surface area (Å²) in [5.41, 5.74) is 1.60. The van der Waals surface area contributed by atoms with E-state index < -0.39 is 11.8 Å². The highest BCUT2D eigenvalue weighted by Gasteiger charge is 2.38. The zero-order valence-corrected chi connectivity index (χ0v) is 16.9. The van der Waals surface area contributed by atoms with Gasteiger partial charge in [0.15, 0.2) is 0 Å². The fraction of sp³-hybridized carbons (Fsp3) is 0.619. The van der Waals surface area contributed by atoms with Crippen LogP contribution in [0, 0.1) is 0 Å². The molecule has 1 aliphatic rings. The Labute approximate surface area is 157 Å². The van der Waals surface area contributed by atoms with Gasteiger partial charge in [-0.1, -0.05) is 32.0 Å². The third-order valence-electron chi connectivity index (χ3n) is 5.08. The molecular formula is C21H33N3O2. The summed E-state index contributed by atoms with van der Waals surface area (Å²) < 4.78 is 0. The number of hydrogen-bond acceptors (Lipinski definition) is 3. The molecule has 1 atom stereocenters. The minimum Gasteiger partial charge on any atom is -0.345 e. The van der Waals surface area contributed by atoms with Crippen LogP contribution in [0.5, 0.6) is 0 Å². The molecular weight excluding hydrogens is 326 g/mol. The monoisotopic (exact) mass is 359 g/mol. The fourth-order valence-electron chi connectivity index (χ4n) is 4.11. The van der Waals surface area contributed by atoms with Gasteiger partial charge in [0, 0.05) is 22.8 Å². The Hall–Kier alpha value is -1.88. The van der Waals surface area contributed by atoms with Gasteiger partial charge in [-0.2, -0.15) is 0 Å². The number of benzene rings is 1. The lowest BCUT2D eigenvalue weighted by molar-refractivity contribution is -0.137. The van der Waals surface area contributed by atoms with Gasteiger partial charge >= 0.3 is 11.8 Å². The molecule has 1 aromatic rings. The highest BCUT2D eigenvalue weighted by molar-refractivity contribution is 6.39. The van der Waals surface area contributed by atoms with Gasteiger partial charge in [-0.3, -0.25) is 9.59 Å². The van der Waals surface area contributed by atoms with E-state index in [4.69, 9.17) is 0 Å². The second-order valence-electron chi connectivity index (χ2n) is 8.82. The van der Waals surface area contributed by atoms with Crippen molar-refractivity contribution in [3.63, 3.8) is 0 Å². The van der Waals surface area contributed by atoms with Gasteiger partial charge in [0.25, 0.3) is 0 Å². The zero-order chi connectivity index (χ0) is 19.5. The quantitative estimate of drug-likeness (QED) is 0.720. The Morgan fingerprint density at radius 3 is 2.27 bits per heavy atom. The van der Waals surface area contributed by atoms with Crippen LogP contribution in [-0.2, 0) is 9.59 Å². The van der Waals surface area contributed by atoms with Crippen molar-refractivity contribution in [1.29, 1.82) is 0 Å². The number of hydrogen-bond donors (Lipinski definition) is 3. The lowest BCUT2D eigenvalue weighted by Gasteiger charge is -2.46. The summed E-state index contributed by atoms with van der Waals surface area (Å²) in [5, 5.41) is 9.29. The summed E-state index contributed by atoms with van der Waals surface area (Å²) in [6.45, 7) is 12.7. The zero-order valence-electron chi connectivity index (χ0n) is 16.9. The number of carbonyl (C=O) groups excluding carboxylic acids is 2. The van der Waals surface area contributed by atoms with E-state index in [9.17, 15) is 9.59 Å². The molecule has 144 valence electrons. The summed E-state index contributed by atoms with van der Waals surface area (Å²) >= 11 is 0. The largest absolute Gasteiger partial charge is 0.345 e. The molecule has 0 spiro atoms. The van der Waals surface area contributed by atoms with Crippen molar-refractivity contribution in [2.75, 3.05) is 5.32 Å². The molecule has 0 saturated carbocycles. The first-order chi connectivity index (χ1) is 12.0. The highest BCUT2D eigenvalue weighted by atomic mass is 16.2. The van der Waals surface area contributed by atoms with E-state index in [1.54, 1.807) is 0 Å². The molecule has 2 rings (SSSR count). The van der Waals surface area contributed by atoms with Gasteiger partial charge in [0.2, 0.25) is 0 Å². The van der Waals surface area contributed by atoms with Crippen LogP contribution in [0.15, 0.2) is 24.3 Å². The van der Waals surface area contributed by atoms with E-state index in [-0.39, 0.29) is 17.1 Å². The maximum absolute atomic E-state index is 12.4. The Balaban J connectivity index is 2.04. The molecule has 0 aliphatic carbocycles. The van der Waals surface area contributed by atoms with E-state index >= 15 is 0 Å². The number of nitrogens with one attached hydrogen (secondary N) is 3. The Kier molecular flexibility index (Phi) is 6.12. The number of carbonyl (C=O) groups is 2. The van der Waals surface area contributed by atoms with Gasteiger partial charge in [-0.15, -0.1) is 0 Å². The van der Waals surface area contributed by atoms with Gasteiger partial charge in [-0.05, 0) is 64.5 Å². The van der Waals surface area contributed by atoms with Crippen LogP contribution in [0.1, 0.15) is 72.3 Å². The molecule has 3 N–H and O–H groups in total. The van der Waals surface area contributed by atoms with Crippen molar-refractivity contribution in [2.45, 2.75) is 83.8 Å². The first kappa shape index (κ1) is 20.4. The lowest BCUT2D eigenvalue weighted by Crippen LogP contribution is -2.62. The second-order valence-corrected chi connectivity index (χ2v) is 8.82. The van der Waals surface area contributed by atoms with Crippen LogP contribution in [0.3, 0.4) is 0 Å². The van der Waals surface area contributed by atoms with E-state index in [2.05, 4.69) is 57.5 Å². The number of anilines is 1. The summed E-state index contributed by atoms with van der Waals surface area (Å²) in [4.78, 5) is 24.9. The normalized spacial score (nSPS) is 20.2. The smallest absolute Gasteiger partial charge is 0.313 e. The third kappa shape index (κ3) is 5.31. The number of para-hydroxylation sites is 1. The highest BCUT2D eigenvalue weighted by Crippen LogP contribution is 2.29. The second kappa shape index (κ2) is 7.78. The van der Waals surface area contributed by atoms with E-state index in [1.165, 1.54) is 0 Å². The first-order valence-electron chi connectivity index (χ1n) is 9.53. The average molecular weight is 360 g/mol. The SMILES string of the molecule is CCC(C)c1ccccc1NC(=O)C(=O)NC1CC(C)(C)NC(C)(C)C1. The fourth-order valence-corrected chi connectivity index (χ4v) is 4.11. The molecule has 1 saturated heterocycles. The molecule has 5 heteroatoms. The average Bonchev–Trinajstić information content (AvgIpc) is 2.51.